The molecule has 1 aliphatic heterocycles. The molecule has 0 spiro atoms. The van der Waals surface area contributed by atoms with E-state index in [0.29, 0.717) is 5.75 Å². The van der Waals surface area contributed by atoms with E-state index in [-0.39, 0.29) is 11.7 Å². The first kappa shape index (κ1) is 14.7. The summed E-state index contributed by atoms with van der Waals surface area (Å²) in [5.41, 5.74) is 1.06. The molecule has 1 N–H and O–H groups in total. The molecule has 0 atom stereocenters. The van der Waals surface area contributed by atoms with Crippen molar-refractivity contribution >= 4 is 5.91 Å². The molecule has 110 valence electrons. The smallest absolute Gasteiger partial charge is 0.219 e. The van der Waals surface area contributed by atoms with Gasteiger partial charge in [0.15, 0.2) is 11.5 Å². The van der Waals surface area contributed by atoms with Crippen LogP contribution in [-0.2, 0) is 11.3 Å². The SMILES string of the molecule is COc1ccc(CN2CCCN(C(C)=O)CC2)cc1O. The number of carbonyl (C=O) groups is 1. The van der Waals surface area contributed by atoms with Crippen LogP contribution >= 0.6 is 0 Å². The molecule has 0 aliphatic carbocycles. The summed E-state index contributed by atoms with van der Waals surface area (Å²) in [5.74, 6) is 0.812. The van der Waals surface area contributed by atoms with Gasteiger partial charge in [-0.15, -0.1) is 0 Å². The number of benzene rings is 1. The number of carbonyl (C=O) groups excluding carboxylic acids is 1. The van der Waals surface area contributed by atoms with Crippen molar-refractivity contribution in [1.29, 1.82) is 0 Å². The first-order valence-electron chi connectivity index (χ1n) is 6.94. The number of phenolic OH excluding ortho intramolecular Hbond substituents is 1. The predicted molar refractivity (Wildman–Crippen MR) is 76.8 cm³/mol. The molecule has 0 aromatic heterocycles. The van der Waals surface area contributed by atoms with Crippen molar-refractivity contribution in [3.05, 3.63) is 23.8 Å². The quantitative estimate of drug-likeness (QED) is 0.909. The Morgan fingerprint density at radius 1 is 1.30 bits per heavy atom. The van der Waals surface area contributed by atoms with E-state index < -0.39 is 0 Å². The van der Waals surface area contributed by atoms with Crippen molar-refractivity contribution in [2.45, 2.75) is 19.9 Å². The maximum atomic E-state index is 11.4. The minimum absolute atomic E-state index is 0.147. The number of methoxy groups -OCH3 is 1. The molecule has 1 heterocycles. The monoisotopic (exact) mass is 278 g/mol. The molecule has 1 aromatic rings. The number of nitrogens with zero attached hydrogens (tertiary/aromatic N) is 2. The predicted octanol–water partition coefficient (Wildman–Crippen LogP) is 1.45. The van der Waals surface area contributed by atoms with Crippen LogP contribution in [0.5, 0.6) is 11.5 Å². The lowest BCUT2D eigenvalue weighted by Gasteiger charge is -2.21. The normalized spacial score (nSPS) is 16.8. The van der Waals surface area contributed by atoms with Gasteiger partial charge >= 0.3 is 0 Å². The van der Waals surface area contributed by atoms with Crippen LogP contribution in [0.15, 0.2) is 18.2 Å². The highest BCUT2D eigenvalue weighted by molar-refractivity contribution is 5.73. The molecule has 2 rings (SSSR count). The second-order valence-corrected chi connectivity index (χ2v) is 5.14. The third-order valence-corrected chi connectivity index (χ3v) is 3.68. The second-order valence-electron chi connectivity index (χ2n) is 5.14. The van der Waals surface area contributed by atoms with Crippen LogP contribution in [0.2, 0.25) is 0 Å². The Kier molecular flexibility index (Phi) is 4.84. The van der Waals surface area contributed by atoms with E-state index in [4.69, 9.17) is 4.74 Å². The number of hydrogen-bond acceptors (Lipinski definition) is 4. The van der Waals surface area contributed by atoms with Crippen LogP contribution in [0, 0.1) is 0 Å². The van der Waals surface area contributed by atoms with Gasteiger partial charge in [0, 0.05) is 39.6 Å². The summed E-state index contributed by atoms with van der Waals surface area (Å²) < 4.78 is 5.04. The number of ether oxygens (including phenoxy) is 1. The standard InChI is InChI=1S/C15H22N2O3/c1-12(18)17-7-3-6-16(8-9-17)11-13-4-5-15(20-2)14(19)10-13/h4-5,10,19H,3,6-9,11H2,1-2H3. The highest BCUT2D eigenvalue weighted by Crippen LogP contribution is 2.26. The maximum Gasteiger partial charge on any atom is 0.219 e. The Morgan fingerprint density at radius 2 is 2.10 bits per heavy atom. The minimum atomic E-state index is 0.147. The van der Waals surface area contributed by atoms with E-state index in [0.717, 1.165) is 44.7 Å². The van der Waals surface area contributed by atoms with Crippen molar-refractivity contribution in [2.75, 3.05) is 33.3 Å². The molecule has 1 aliphatic rings. The van der Waals surface area contributed by atoms with E-state index in [2.05, 4.69) is 4.90 Å². The van der Waals surface area contributed by atoms with Gasteiger partial charge in [-0.2, -0.15) is 0 Å². The Bertz CT molecular complexity index is 476. The van der Waals surface area contributed by atoms with E-state index in [1.54, 1.807) is 26.2 Å². The van der Waals surface area contributed by atoms with Crippen LogP contribution in [0.1, 0.15) is 18.9 Å². The largest absolute Gasteiger partial charge is 0.504 e. The van der Waals surface area contributed by atoms with Crippen molar-refractivity contribution in [1.82, 2.24) is 9.80 Å². The molecule has 5 heteroatoms. The number of hydrogen-bond donors (Lipinski definition) is 1. The molecule has 0 saturated carbocycles. The van der Waals surface area contributed by atoms with E-state index in [1.807, 2.05) is 11.0 Å². The van der Waals surface area contributed by atoms with Crippen molar-refractivity contribution < 1.29 is 14.6 Å². The van der Waals surface area contributed by atoms with Crippen molar-refractivity contribution in [2.24, 2.45) is 0 Å². The Balaban J connectivity index is 1.96. The zero-order valence-corrected chi connectivity index (χ0v) is 12.1. The lowest BCUT2D eigenvalue weighted by molar-refractivity contribution is -0.128. The van der Waals surface area contributed by atoms with E-state index >= 15 is 0 Å². The fraction of sp³-hybridized carbons (Fsp3) is 0.533. The Morgan fingerprint density at radius 3 is 2.75 bits per heavy atom. The highest BCUT2D eigenvalue weighted by atomic mass is 16.5. The average molecular weight is 278 g/mol. The molecule has 1 amide bonds. The fourth-order valence-corrected chi connectivity index (χ4v) is 2.54. The van der Waals surface area contributed by atoms with Crippen LogP contribution in [0.3, 0.4) is 0 Å². The second kappa shape index (κ2) is 6.61. The zero-order chi connectivity index (χ0) is 14.5. The van der Waals surface area contributed by atoms with Crippen LogP contribution in [0.4, 0.5) is 0 Å². The molecular weight excluding hydrogens is 256 g/mol. The Labute approximate surface area is 119 Å². The molecule has 0 radical (unpaired) electrons. The summed E-state index contributed by atoms with van der Waals surface area (Å²) in [4.78, 5) is 15.6. The number of rotatable bonds is 3. The molecule has 1 saturated heterocycles. The molecular formula is C15H22N2O3. The number of aromatic hydroxyl groups is 1. The van der Waals surface area contributed by atoms with Gasteiger partial charge < -0.3 is 14.7 Å². The van der Waals surface area contributed by atoms with Crippen molar-refractivity contribution in [3.8, 4) is 11.5 Å². The van der Waals surface area contributed by atoms with E-state index in [9.17, 15) is 9.90 Å². The lowest BCUT2D eigenvalue weighted by atomic mass is 10.2. The summed E-state index contributed by atoms with van der Waals surface area (Å²) in [6.45, 7) is 5.85. The first-order chi connectivity index (χ1) is 9.60. The third-order valence-electron chi connectivity index (χ3n) is 3.68. The van der Waals surface area contributed by atoms with Crippen LogP contribution in [0.25, 0.3) is 0 Å². The summed E-state index contributed by atoms with van der Waals surface area (Å²) in [7, 11) is 1.54. The van der Waals surface area contributed by atoms with Gasteiger partial charge in [-0.25, -0.2) is 0 Å². The summed E-state index contributed by atoms with van der Waals surface area (Å²) in [5, 5.41) is 9.79. The first-order valence-corrected chi connectivity index (χ1v) is 6.94. The van der Waals surface area contributed by atoms with Gasteiger partial charge in [-0.1, -0.05) is 6.07 Å². The van der Waals surface area contributed by atoms with Gasteiger partial charge in [-0.3, -0.25) is 9.69 Å². The summed E-state index contributed by atoms with van der Waals surface area (Å²) in [6, 6.07) is 5.49. The lowest BCUT2D eigenvalue weighted by Crippen LogP contribution is -2.33. The fourth-order valence-electron chi connectivity index (χ4n) is 2.54. The molecule has 1 aromatic carbocycles. The van der Waals surface area contributed by atoms with Gasteiger partial charge in [0.1, 0.15) is 0 Å². The molecule has 20 heavy (non-hydrogen) atoms. The van der Waals surface area contributed by atoms with Gasteiger partial charge in [0.2, 0.25) is 5.91 Å². The molecule has 0 unspecified atom stereocenters. The molecule has 0 bridgehead atoms. The van der Waals surface area contributed by atoms with Crippen LogP contribution < -0.4 is 4.74 Å². The zero-order valence-electron chi connectivity index (χ0n) is 12.1. The molecule has 1 fully saturated rings. The van der Waals surface area contributed by atoms with Gasteiger partial charge in [0.25, 0.3) is 0 Å². The van der Waals surface area contributed by atoms with Crippen molar-refractivity contribution in [3.63, 3.8) is 0 Å². The third kappa shape index (κ3) is 3.63. The average Bonchev–Trinajstić information content (AvgIpc) is 2.65. The Hall–Kier alpha value is -1.75. The molecule has 5 nitrogen and oxygen atoms in total. The minimum Gasteiger partial charge on any atom is -0.504 e. The summed E-state index contributed by atoms with van der Waals surface area (Å²) >= 11 is 0. The summed E-state index contributed by atoms with van der Waals surface area (Å²) in [6.07, 6.45) is 0.988. The number of amides is 1. The van der Waals surface area contributed by atoms with Gasteiger partial charge in [-0.05, 0) is 24.1 Å². The number of phenols is 1. The topological polar surface area (TPSA) is 53.0 Å². The highest BCUT2D eigenvalue weighted by Gasteiger charge is 2.16. The van der Waals surface area contributed by atoms with Crippen LogP contribution in [-0.4, -0.2) is 54.1 Å². The van der Waals surface area contributed by atoms with Gasteiger partial charge in [0.05, 0.1) is 7.11 Å². The van der Waals surface area contributed by atoms with E-state index in [1.165, 1.54) is 0 Å². The maximum absolute atomic E-state index is 11.4.